The minimum absolute atomic E-state index is 0.169. The summed E-state index contributed by atoms with van der Waals surface area (Å²) in [6, 6.07) is 9.72. The molecule has 0 saturated carbocycles. The molecule has 0 radical (unpaired) electrons. The second-order valence-corrected chi connectivity index (χ2v) is 8.30. The number of benzene rings is 1. The van der Waals surface area contributed by atoms with Crippen LogP contribution in [0.3, 0.4) is 0 Å². The largest absolute Gasteiger partial charge is 0.391 e. The van der Waals surface area contributed by atoms with Gasteiger partial charge in [-0.1, -0.05) is 18.2 Å². The zero-order chi connectivity index (χ0) is 20.9. The van der Waals surface area contributed by atoms with E-state index < -0.39 is 6.10 Å². The number of hydrogen-bond donors (Lipinski definition) is 1. The molecule has 0 bridgehead atoms. The fraction of sp³-hybridized carbons (Fsp3) is 0.455. The van der Waals surface area contributed by atoms with E-state index >= 15 is 0 Å². The highest BCUT2D eigenvalue weighted by atomic mass is 16.3. The second kappa shape index (κ2) is 7.22. The summed E-state index contributed by atoms with van der Waals surface area (Å²) in [7, 11) is 3.38. The molecule has 1 atom stereocenters. The molecule has 7 nitrogen and oxygen atoms in total. The Morgan fingerprint density at radius 2 is 1.90 bits per heavy atom. The molecule has 2 amide bonds. The Hall–Kier alpha value is -2.80. The van der Waals surface area contributed by atoms with Crippen LogP contribution < -0.4 is 0 Å². The summed E-state index contributed by atoms with van der Waals surface area (Å²) in [6.45, 7) is 5.08. The normalized spacial score (nSPS) is 17.4. The highest BCUT2D eigenvalue weighted by Gasteiger charge is 2.31. The van der Waals surface area contributed by atoms with E-state index in [0.717, 1.165) is 28.4 Å². The van der Waals surface area contributed by atoms with Crippen LogP contribution in [0.25, 0.3) is 21.9 Å². The summed E-state index contributed by atoms with van der Waals surface area (Å²) in [5.74, 6) is -0.213. The number of piperidine rings is 1. The number of para-hydroxylation sites is 1. The van der Waals surface area contributed by atoms with Crippen molar-refractivity contribution < 1.29 is 14.7 Å². The monoisotopic (exact) mass is 396 g/mol. The molecule has 0 unspecified atom stereocenters. The average Bonchev–Trinajstić information content (AvgIpc) is 3.21. The van der Waals surface area contributed by atoms with Gasteiger partial charge in [0.2, 0.25) is 0 Å². The first kappa shape index (κ1) is 19.5. The van der Waals surface area contributed by atoms with Crippen molar-refractivity contribution in [1.29, 1.82) is 0 Å². The number of aliphatic hydroxyl groups excluding tert-OH is 1. The molecule has 1 N–H and O–H groups in total. The van der Waals surface area contributed by atoms with Crippen molar-refractivity contribution in [3.8, 4) is 0 Å². The average molecular weight is 396 g/mol. The van der Waals surface area contributed by atoms with E-state index in [1.165, 1.54) is 4.90 Å². The Morgan fingerprint density at radius 1 is 1.17 bits per heavy atom. The Kier molecular flexibility index (Phi) is 4.86. The number of fused-ring (bicyclic) bond motifs is 3. The number of carbonyl (C=O) groups is 2. The lowest BCUT2D eigenvalue weighted by Gasteiger charge is -2.30. The zero-order valence-corrected chi connectivity index (χ0v) is 17.4. The Balaban J connectivity index is 1.99. The molecule has 2 aromatic heterocycles. The van der Waals surface area contributed by atoms with Crippen molar-refractivity contribution in [1.82, 2.24) is 18.9 Å². The molecule has 0 aliphatic carbocycles. The fourth-order valence-corrected chi connectivity index (χ4v) is 4.37. The number of amides is 2. The van der Waals surface area contributed by atoms with Gasteiger partial charge in [0.1, 0.15) is 5.69 Å². The SMILES string of the molecule is CC(C)n1c2ccccc2c2c1cc(C(=O)N1CCC[C@H](O)C1)n2C(=O)N(C)C. The van der Waals surface area contributed by atoms with E-state index in [-0.39, 0.29) is 18.0 Å². The van der Waals surface area contributed by atoms with E-state index in [1.807, 2.05) is 30.3 Å². The van der Waals surface area contributed by atoms with Crippen LogP contribution in [0.15, 0.2) is 30.3 Å². The third kappa shape index (κ3) is 3.09. The first-order valence-corrected chi connectivity index (χ1v) is 10.1. The molecule has 1 saturated heterocycles. The van der Waals surface area contributed by atoms with E-state index in [9.17, 15) is 14.7 Å². The van der Waals surface area contributed by atoms with Crippen LogP contribution in [0, 0.1) is 0 Å². The lowest BCUT2D eigenvalue weighted by Crippen LogP contribution is -2.43. The molecule has 1 aliphatic heterocycles. The van der Waals surface area contributed by atoms with E-state index in [4.69, 9.17) is 0 Å². The number of carbonyl (C=O) groups excluding carboxylic acids is 2. The van der Waals surface area contributed by atoms with Gasteiger partial charge in [-0.05, 0) is 38.8 Å². The summed E-state index contributed by atoms with van der Waals surface area (Å²) in [6.07, 6.45) is 0.947. The number of hydrogen-bond acceptors (Lipinski definition) is 3. The van der Waals surface area contributed by atoms with Crippen LogP contribution in [-0.4, -0.2) is 69.3 Å². The fourth-order valence-electron chi connectivity index (χ4n) is 4.37. The maximum absolute atomic E-state index is 13.4. The van der Waals surface area contributed by atoms with Gasteiger partial charge in [0.05, 0.1) is 22.7 Å². The first-order chi connectivity index (χ1) is 13.8. The molecule has 0 spiro atoms. The third-order valence-electron chi connectivity index (χ3n) is 5.65. The molecular weight excluding hydrogens is 368 g/mol. The Bertz CT molecular complexity index is 1090. The van der Waals surface area contributed by atoms with Gasteiger partial charge in [0.15, 0.2) is 0 Å². The van der Waals surface area contributed by atoms with Crippen LogP contribution in [0.2, 0.25) is 0 Å². The maximum atomic E-state index is 13.4. The van der Waals surface area contributed by atoms with Crippen molar-refractivity contribution in [3.63, 3.8) is 0 Å². The van der Waals surface area contributed by atoms with Crippen LogP contribution in [0.1, 0.15) is 43.2 Å². The van der Waals surface area contributed by atoms with Crippen molar-refractivity contribution in [2.45, 2.75) is 38.8 Å². The van der Waals surface area contributed by atoms with Crippen molar-refractivity contribution in [3.05, 3.63) is 36.0 Å². The Labute approximate surface area is 170 Å². The van der Waals surface area contributed by atoms with Crippen molar-refractivity contribution in [2.75, 3.05) is 27.2 Å². The quantitative estimate of drug-likeness (QED) is 0.722. The van der Waals surface area contributed by atoms with Crippen LogP contribution in [0.5, 0.6) is 0 Å². The molecule has 1 aromatic carbocycles. The van der Waals surface area contributed by atoms with Crippen molar-refractivity contribution >= 4 is 33.9 Å². The maximum Gasteiger partial charge on any atom is 0.328 e. The van der Waals surface area contributed by atoms with Gasteiger partial charge in [0.25, 0.3) is 5.91 Å². The van der Waals surface area contributed by atoms with Gasteiger partial charge in [-0.2, -0.15) is 0 Å². The van der Waals surface area contributed by atoms with E-state index in [0.29, 0.717) is 25.2 Å². The molecule has 3 aromatic rings. The van der Waals surface area contributed by atoms with Gasteiger partial charge in [-0.15, -0.1) is 0 Å². The molecule has 3 heterocycles. The van der Waals surface area contributed by atoms with Gasteiger partial charge in [0, 0.05) is 38.6 Å². The molecule has 29 heavy (non-hydrogen) atoms. The number of β-amino-alcohol motifs (C(OH)–C–C–N with tert-alkyl or cyclic N) is 1. The molecule has 1 aliphatic rings. The molecular formula is C22H28N4O3. The van der Waals surface area contributed by atoms with E-state index in [2.05, 4.69) is 18.4 Å². The number of likely N-dealkylation sites (tertiary alicyclic amines) is 1. The summed E-state index contributed by atoms with van der Waals surface area (Å²) >= 11 is 0. The molecule has 4 rings (SSSR count). The minimum atomic E-state index is -0.514. The summed E-state index contributed by atoms with van der Waals surface area (Å²) < 4.78 is 3.71. The van der Waals surface area contributed by atoms with Crippen LogP contribution in [-0.2, 0) is 0 Å². The standard InChI is InChI=1S/C22H28N4O3/c1-14(2)25-17-10-6-5-9-16(17)20-18(25)12-19(26(20)22(29)23(3)4)21(28)24-11-7-8-15(27)13-24/h5-6,9-10,12,14-15,27H,7-8,11,13H2,1-4H3/t15-/m0/s1. The summed E-state index contributed by atoms with van der Waals surface area (Å²) in [5, 5.41) is 11.0. The number of aliphatic hydroxyl groups is 1. The van der Waals surface area contributed by atoms with Gasteiger partial charge in [-0.3, -0.25) is 9.36 Å². The second-order valence-electron chi connectivity index (χ2n) is 8.30. The van der Waals surface area contributed by atoms with Gasteiger partial charge < -0.3 is 19.5 Å². The summed E-state index contributed by atoms with van der Waals surface area (Å²) in [4.78, 5) is 29.7. The Morgan fingerprint density at radius 3 is 2.55 bits per heavy atom. The van der Waals surface area contributed by atoms with Gasteiger partial charge in [-0.25, -0.2) is 4.79 Å². The number of aromatic nitrogens is 2. The summed E-state index contributed by atoms with van der Waals surface area (Å²) in [5.41, 5.74) is 3.02. The first-order valence-electron chi connectivity index (χ1n) is 10.1. The zero-order valence-electron chi connectivity index (χ0n) is 17.4. The smallest absolute Gasteiger partial charge is 0.328 e. The predicted molar refractivity (Wildman–Crippen MR) is 113 cm³/mol. The van der Waals surface area contributed by atoms with E-state index in [1.54, 1.807) is 23.6 Å². The highest BCUT2D eigenvalue weighted by molar-refractivity contribution is 6.14. The molecule has 1 fully saturated rings. The molecule has 154 valence electrons. The van der Waals surface area contributed by atoms with Crippen LogP contribution >= 0.6 is 0 Å². The third-order valence-corrected chi connectivity index (χ3v) is 5.65. The van der Waals surface area contributed by atoms with Gasteiger partial charge >= 0.3 is 6.03 Å². The topological polar surface area (TPSA) is 70.7 Å². The number of rotatable bonds is 2. The minimum Gasteiger partial charge on any atom is -0.391 e. The lowest BCUT2D eigenvalue weighted by molar-refractivity contribution is 0.0466. The highest BCUT2D eigenvalue weighted by Crippen LogP contribution is 2.35. The van der Waals surface area contributed by atoms with Crippen molar-refractivity contribution in [2.24, 2.45) is 0 Å². The predicted octanol–water partition coefficient (Wildman–Crippen LogP) is 3.30. The molecule has 7 heteroatoms. The number of nitrogens with zero attached hydrogens (tertiary/aromatic N) is 4. The lowest BCUT2D eigenvalue weighted by atomic mass is 10.1. The van der Waals surface area contributed by atoms with Crippen LogP contribution in [0.4, 0.5) is 4.79 Å².